The summed E-state index contributed by atoms with van der Waals surface area (Å²) in [6, 6.07) is 0. The summed E-state index contributed by atoms with van der Waals surface area (Å²) in [4.78, 5) is 16.1. The molecule has 2 N–H and O–H groups in total. The van der Waals surface area contributed by atoms with Crippen molar-refractivity contribution in [2.24, 2.45) is 0 Å². The summed E-state index contributed by atoms with van der Waals surface area (Å²) < 4.78 is 13.9. The molecule has 0 rings (SSSR count). The molecule has 9 heavy (non-hydrogen) atoms. The molecule has 0 amide bonds. The molecule has 0 aliphatic carbocycles. The maximum Gasteiger partial charge on any atom is 0.469 e. The second-order valence-electron chi connectivity index (χ2n) is 1.28. The molecule has 0 unspecified atom stereocenters. The van der Waals surface area contributed by atoms with Crippen LogP contribution in [0.3, 0.4) is 0 Å². The van der Waals surface area contributed by atoms with Crippen molar-refractivity contribution in [1.82, 2.24) is 0 Å². The largest absolute Gasteiger partial charge is 0.469 e. The van der Waals surface area contributed by atoms with Crippen LogP contribution in [0, 0.1) is 12.3 Å². The third-order valence-corrected chi connectivity index (χ3v) is 1.02. The van der Waals surface area contributed by atoms with Crippen molar-refractivity contribution in [3.63, 3.8) is 0 Å². The Kier molecular flexibility index (Phi) is 3.52. The second-order valence-corrected chi connectivity index (χ2v) is 2.52. The molecule has 0 aliphatic rings. The molecule has 0 atom stereocenters. The van der Waals surface area contributed by atoms with Gasteiger partial charge in [0.05, 0.1) is 6.61 Å². The molecule has 4 nitrogen and oxygen atoms in total. The van der Waals surface area contributed by atoms with Crippen molar-refractivity contribution < 1.29 is 18.9 Å². The zero-order valence-electron chi connectivity index (χ0n) is 4.65. The van der Waals surface area contributed by atoms with Crippen molar-refractivity contribution in [2.45, 2.75) is 6.42 Å². The van der Waals surface area contributed by atoms with Gasteiger partial charge in [-0.15, -0.1) is 12.3 Å². The molecule has 0 radical (unpaired) electrons. The first kappa shape index (κ1) is 8.67. The van der Waals surface area contributed by atoms with Gasteiger partial charge in [-0.3, -0.25) is 4.52 Å². The minimum atomic E-state index is -4.29. The lowest BCUT2D eigenvalue weighted by Gasteiger charge is -2.00. The van der Waals surface area contributed by atoms with Crippen LogP contribution >= 0.6 is 7.82 Å². The van der Waals surface area contributed by atoms with Gasteiger partial charge in [0.25, 0.3) is 0 Å². The molecule has 0 saturated heterocycles. The lowest BCUT2D eigenvalue weighted by Crippen LogP contribution is -1.89. The van der Waals surface area contributed by atoms with Crippen molar-refractivity contribution in [3.8, 4) is 12.3 Å². The van der Waals surface area contributed by atoms with Crippen LogP contribution in [-0.4, -0.2) is 16.4 Å². The van der Waals surface area contributed by atoms with Crippen LogP contribution in [0.2, 0.25) is 0 Å². The summed E-state index contributed by atoms with van der Waals surface area (Å²) in [7, 11) is -4.29. The van der Waals surface area contributed by atoms with Crippen molar-refractivity contribution in [2.75, 3.05) is 6.61 Å². The normalized spacial score (nSPS) is 10.8. The van der Waals surface area contributed by atoms with Crippen LogP contribution in [0.25, 0.3) is 0 Å². The first-order chi connectivity index (χ1) is 4.06. The highest BCUT2D eigenvalue weighted by Gasteiger charge is 2.11. The van der Waals surface area contributed by atoms with Gasteiger partial charge in [0.1, 0.15) is 0 Å². The predicted molar refractivity (Wildman–Crippen MR) is 31.4 cm³/mol. The second kappa shape index (κ2) is 3.65. The molecule has 0 aromatic heterocycles. The van der Waals surface area contributed by atoms with Gasteiger partial charge in [-0.1, -0.05) is 0 Å². The minimum absolute atomic E-state index is 0.0965. The number of terminal acetylenes is 1. The number of hydrogen-bond donors (Lipinski definition) is 2. The summed E-state index contributed by atoms with van der Waals surface area (Å²) in [6.45, 7) is -0.0965. The van der Waals surface area contributed by atoms with E-state index < -0.39 is 7.82 Å². The summed E-state index contributed by atoms with van der Waals surface area (Å²) in [6.07, 6.45) is 4.99. The Morgan fingerprint density at radius 1 is 1.67 bits per heavy atom. The highest BCUT2D eigenvalue weighted by molar-refractivity contribution is 7.46. The number of phosphoric ester groups is 1. The van der Waals surface area contributed by atoms with Gasteiger partial charge in [-0.05, 0) is 0 Å². The zero-order valence-corrected chi connectivity index (χ0v) is 5.54. The van der Waals surface area contributed by atoms with E-state index in [0.29, 0.717) is 0 Å². The molecule has 0 aromatic carbocycles. The molecular formula is C4H7O4P. The molecule has 0 spiro atoms. The van der Waals surface area contributed by atoms with Crippen LogP contribution < -0.4 is 0 Å². The van der Waals surface area contributed by atoms with E-state index >= 15 is 0 Å². The zero-order chi connectivity index (χ0) is 7.33. The fourth-order valence-electron chi connectivity index (χ4n) is 0.223. The van der Waals surface area contributed by atoms with Crippen LogP contribution in [-0.2, 0) is 9.09 Å². The molecule has 0 bridgehead atoms. The first-order valence-corrected chi connectivity index (χ1v) is 3.73. The molecule has 0 aromatic rings. The van der Waals surface area contributed by atoms with Crippen LogP contribution in [0.5, 0.6) is 0 Å². The standard InChI is InChI=1S/C4H7O4P/c1-2-3-4-8-9(5,6)7/h1H,3-4H2,(H2,5,6,7). The van der Waals surface area contributed by atoms with E-state index in [1.165, 1.54) is 0 Å². The molecule has 5 heteroatoms. The lowest BCUT2D eigenvalue weighted by atomic mass is 10.5. The van der Waals surface area contributed by atoms with Crippen LogP contribution in [0.1, 0.15) is 6.42 Å². The van der Waals surface area contributed by atoms with Gasteiger partial charge in [0.2, 0.25) is 0 Å². The van der Waals surface area contributed by atoms with Crippen molar-refractivity contribution in [3.05, 3.63) is 0 Å². The van der Waals surface area contributed by atoms with Crippen LogP contribution in [0.4, 0.5) is 0 Å². The van der Waals surface area contributed by atoms with E-state index in [9.17, 15) is 4.57 Å². The Morgan fingerprint density at radius 2 is 2.22 bits per heavy atom. The predicted octanol–water partition coefficient (Wildman–Crippen LogP) is 0.119. The monoisotopic (exact) mass is 150 g/mol. The van der Waals surface area contributed by atoms with Crippen LogP contribution in [0.15, 0.2) is 0 Å². The Hall–Kier alpha value is -0.330. The lowest BCUT2D eigenvalue weighted by molar-refractivity contribution is 0.201. The van der Waals surface area contributed by atoms with E-state index in [2.05, 4.69) is 10.4 Å². The maximum atomic E-state index is 9.91. The van der Waals surface area contributed by atoms with E-state index in [-0.39, 0.29) is 13.0 Å². The smallest absolute Gasteiger partial charge is 0.303 e. The summed E-state index contributed by atoms with van der Waals surface area (Å²) in [5, 5.41) is 0. The summed E-state index contributed by atoms with van der Waals surface area (Å²) in [5.41, 5.74) is 0. The molecular weight excluding hydrogens is 143 g/mol. The highest BCUT2D eigenvalue weighted by atomic mass is 31.2. The Bertz CT molecular complexity index is 152. The Morgan fingerprint density at radius 3 is 2.56 bits per heavy atom. The molecule has 0 aliphatic heterocycles. The first-order valence-electron chi connectivity index (χ1n) is 2.20. The fraction of sp³-hybridized carbons (Fsp3) is 0.500. The SMILES string of the molecule is C#CCCOP(=O)(O)O. The number of rotatable bonds is 3. The van der Waals surface area contributed by atoms with E-state index in [1.54, 1.807) is 0 Å². The summed E-state index contributed by atoms with van der Waals surface area (Å²) >= 11 is 0. The molecule has 0 heterocycles. The average Bonchev–Trinajstić information content (AvgIpc) is 1.63. The molecule has 52 valence electrons. The fourth-order valence-corrected chi connectivity index (χ4v) is 0.553. The van der Waals surface area contributed by atoms with Gasteiger partial charge in [0, 0.05) is 6.42 Å². The molecule has 0 saturated carbocycles. The van der Waals surface area contributed by atoms with E-state index in [4.69, 9.17) is 16.2 Å². The van der Waals surface area contributed by atoms with Gasteiger partial charge in [0.15, 0.2) is 0 Å². The van der Waals surface area contributed by atoms with Crippen molar-refractivity contribution in [1.29, 1.82) is 0 Å². The van der Waals surface area contributed by atoms with Gasteiger partial charge in [-0.25, -0.2) is 4.57 Å². The molecule has 0 fully saturated rings. The Balaban J connectivity index is 3.32. The third-order valence-electron chi connectivity index (χ3n) is 0.506. The highest BCUT2D eigenvalue weighted by Crippen LogP contribution is 2.35. The summed E-state index contributed by atoms with van der Waals surface area (Å²) in [5.74, 6) is 2.17. The van der Waals surface area contributed by atoms with Gasteiger partial charge >= 0.3 is 7.82 Å². The topological polar surface area (TPSA) is 66.8 Å². The van der Waals surface area contributed by atoms with Crippen molar-refractivity contribution >= 4 is 7.82 Å². The van der Waals surface area contributed by atoms with Gasteiger partial charge < -0.3 is 9.79 Å². The third kappa shape index (κ3) is 7.67. The average molecular weight is 150 g/mol. The maximum absolute atomic E-state index is 9.91. The van der Waals surface area contributed by atoms with E-state index in [0.717, 1.165) is 0 Å². The number of hydrogen-bond acceptors (Lipinski definition) is 2. The quantitative estimate of drug-likeness (QED) is 0.340. The van der Waals surface area contributed by atoms with E-state index in [1.807, 2.05) is 0 Å². The Labute approximate surface area is 53.1 Å². The minimum Gasteiger partial charge on any atom is -0.303 e. The van der Waals surface area contributed by atoms with Gasteiger partial charge in [-0.2, -0.15) is 0 Å². The number of phosphoric acid groups is 1.